The molecule has 0 aliphatic carbocycles. The Kier molecular flexibility index (Phi) is 8.66. The van der Waals surface area contributed by atoms with Crippen LogP contribution < -0.4 is 5.73 Å². The number of hydrogen-bond acceptors (Lipinski definition) is 8. The monoisotopic (exact) mass is 559 g/mol. The van der Waals surface area contributed by atoms with Crippen molar-refractivity contribution in [2.75, 3.05) is 37.3 Å². The van der Waals surface area contributed by atoms with Gasteiger partial charge < -0.3 is 19.6 Å². The van der Waals surface area contributed by atoms with Gasteiger partial charge in [0.25, 0.3) is 0 Å². The maximum absolute atomic E-state index is 12.7. The highest BCUT2D eigenvalue weighted by atomic mass is 32.2. The zero-order chi connectivity index (χ0) is 25.9. The van der Waals surface area contributed by atoms with Gasteiger partial charge in [0, 0.05) is 16.3 Å². The Hall–Kier alpha value is -1.96. The van der Waals surface area contributed by atoms with Crippen LogP contribution in [0.15, 0.2) is 45.4 Å². The number of thioether (sulfide) groups is 1. The fourth-order valence-electron chi connectivity index (χ4n) is 3.14. The minimum Gasteiger partial charge on any atom is -0.372 e. The Morgan fingerprint density at radius 2 is 1.74 bits per heavy atom. The second kappa shape index (κ2) is 11.0. The first-order chi connectivity index (χ1) is 16.3. The molecule has 1 aromatic carbocycles. The number of ether oxygens (including phenoxy) is 1. The quantitative estimate of drug-likeness (QED) is 0.110. The van der Waals surface area contributed by atoms with E-state index in [1.54, 1.807) is 11.8 Å². The van der Waals surface area contributed by atoms with Crippen LogP contribution in [0, 0.1) is 0 Å². The molecule has 0 unspecified atom stereocenters. The highest BCUT2D eigenvalue weighted by molar-refractivity contribution is 8.00. The molecule has 0 saturated heterocycles. The molecule has 192 valence electrons. The molecule has 3 rings (SSSR count). The summed E-state index contributed by atoms with van der Waals surface area (Å²) in [6, 6.07) is 7.70. The first-order valence-electron chi connectivity index (χ1n) is 9.85. The van der Waals surface area contributed by atoms with Crippen LogP contribution in [0.3, 0.4) is 0 Å². The fourth-order valence-corrected chi connectivity index (χ4v) is 6.67. The van der Waals surface area contributed by atoms with Crippen LogP contribution in [0.1, 0.15) is 0 Å². The third-order valence-corrected chi connectivity index (χ3v) is 8.66. The van der Waals surface area contributed by atoms with Gasteiger partial charge in [0.15, 0.2) is 5.65 Å². The van der Waals surface area contributed by atoms with Gasteiger partial charge in [-0.05, 0) is 24.5 Å². The summed E-state index contributed by atoms with van der Waals surface area (Å²) < 4.78 is 94.8. The van der Waals surface area contributed by atoms with E-state index < -0.39 is 38.2 Å². The van der Waals surface area contributed by atoms with Gasteiger partial charge in [0.2, 0.25) is 5.95 Å². The second-order valence-electron chi connectivity index (χ2n) is 7.42. The number of benzene rings is 1. The summed E-state index contributed by atoms with van der Waals surface area (Å²) in [5, 5.41) is 0.477. The summed E-state index contributed by atoms with van der Waals surface area (Å²) in [7, 11) is -4.73. The van der Waals surface area contributed by atoms with Crippen molar-refractivity contribution < 1.29 is 35.6 Å². The van der Waals surface area contributed by atoms with Crippen LogP contribution in [-0.4, -0.2) is 63.4 Å². The summed E-state index contributed by atoms with van der Waals surface area (Å²) in [6.45, 7) is -0.329. The fraction of sp³-hybridized carbons (Fsp3) is 0.421. The molecule has 16 heteroatoms. The number of nitrogen functional groups attached to an aromatic ring is 1. The number of nitrogens with two attached hydrogens (primary N) is 1. The van der Waals surface area contributed by atoms with Gasteiger partial charge >= 0.3 is 12.4 Å². The van der Waals surface area contributed by atoms with Gasteiger partial charge in [-0.2, -0.15) is 31.3 Å². The van der Waals surface area contributed by atoms with E-state index in [0.29, 0.717) is 16.2 Å². The zero-order valence-corrected chi connectivity index (χ0v) is 20.7. The van der Waals surface area contributed by atoms with E-state index >= 15 is 0 Å². The molecule has 0 radical (unpaired) electrons. The van der Waals surface area contributed by atoms with E-state index in [9.17, 15) is 30.9 Å². The van der Waals surface area contributed by atoms with E-state index in [4.69, 9.17) is 10.5 Å². The Bertz CT molecular complexity index is 1200. The summed E-state index contributed by atoms with van der Waals surface area (Å²) in [6.07, 6.45) is -11.9. The minimum atomic E-state index is -5.01. The average molecular weight is 559 g/mol. The van der Waals surface area contributed by atoms with Gasteiger partial charge in [-0.25, -0.2) is 9.97 Å². The van der Waals surface area contributed by atoms with E-state index in [2.05, 4.69) is 15.0 Å². The van der Waals surface area contributed by atoms with Crippen LogP contribution in [0.2, 0.25) is 0 Å². The van der Waals surface area contributed by atoms with Crippen molar-refractivity contribution in [2.24, 2.45) is 0 Å². The number of alkyl halides is 6. The lowest BCUT2D eigenvalue weighted by atomic mass is 10.4. The molecule has 2 aromatic heterocycles. The van der Waals surface area contributed by atoms with Crippen LogP contribution in [0.25, 0.3) is 11.2 Å². The van der Waals surface area contributed by atoms with Gasteiger partial charge in [-0.15, -0.1) is 11.8 Å². The number of aromatic nitrogens is 4. The molecule has 0 aliphatic rings. The van der Waals surface area contributed by atoms with Crippen LogP contribution in [-0.2, 0) is 15.8 Å². The Balaban J connectivity index is 1.71. The van der Waals surface area contributed by atoms with Crippen molar-refractivity contribution in [3.05, 3.63) is 30.6 Å². The Morgan fingerprint density at radius 1 is 1.09 bits per heavy atom. The largest absolute Gasteiger partial charge is 0.395 e. The molecule has 35 heavy (non-hydrogen) atoms. The molecule has 3 aromatic rings. The topological polar surface area (TPSA) is 95.9 Å². The molecule has 2 heterocycles. The van der Waals surface area contributed by atoms with Crippen molar-refractivity contribution in [2.45, 2.75) is 33.7 Å². The normalized spacial score (nSPS) is 13.0. The maximum Gasteiger partial charge on any atom is 0.395 e. The first-order valence-corrected chi connectivity index (χ1v) is 14.2. The molecular formula is C19H20F6N5O2PS2. The van der Waals surface area contributed by atoms with E-state index in [1.807, 2.05) is 30.5 Å². The summed E-state index contributed by atoms with van der Waals surface area (Å²) in [4.78, 5) is 14.6. The van der Waals surface area contributed by atoms with E-state index in [1.165, 1.54) is 22.7 Å². The predicted molar refractivity (Wildman–Crippen MR) is 122 cm³/mol. The van der Waals surface area contributed by atoms with Crippen molar-refractivity contribution in [3.8, 4) is 0 Å². The Morgan fingerprint density at radius 3 is 2.37 bits per heavy atom. The standard InChI is InChI=1S/C19H20F6N5O2PS2/c1-34-12-3-2-4-13(7-12)35-16-14-15(28-17(26)29-16)30(10-27-14)5-6-32-11-33(31,8-18(20,21)22)9-19(23,24)25/h2-4,7,10H,5-6,8-9,11H2,1H3,(H2,26,28,29). The number of nitrogens with zero attached hydrogens (tertiary/aromatic N) is 4. The lowest BCUT2D eigenvalue weighted by molar-refractivity contribution is -0.113. The second-order valence-corrected chi connectivity index (χ2v) is 12.4. The van der Waals surface area contributed by atoms with Crippen molar-refractivity contribution in [1.82, 2.24) is 19.5 Å². The molecule has 0 fully saturated rings. The Labute approximate surface area is 204 Å². The molecule has 0 spiro atoms. The van der Waals surface area contributed by atoms with Gasteiger partial charge in [0.1, 0.15) is 24.0 Å². The van der Waals surface area contributed by atoms with Crippen molar-refractivity contribution in [1.29, 1.82) is 0 Å². The molecular weight excluding hydrogens is 539 g/mol. The smallest absolute Gasteiger partial charge is 0.372 e. The van der Waals surface area contributed by atoms with Gasteiger partial charge in [-0.1, -0.05) is 17.8 Å². The maximum atomic E-state index is 12.7. The highest BCUT2D eigenvalue weighted by Gasteiger charge is 2.46. The van der Waals surface area contributed by atoms with Crippen LogP contribution in [0.4, 0.5) is 32.3 Å². The van der Waals surface area contributed by atoms with Crippen LogP contribution >= 0.6 is 30.7 Å². The average Bonchev–Trinajstić information content (AvgIpc) is 3.11. The molecule has 0 atom stereocenters. The minimum absolute atomic E-state index is 0.0168. The number of hydrogen-bond donors (Lipinski definition) is 1. The summed E-state index contributed by atoms with van der Waals surface area (Å²) in [5.74, 6) is -0.0384. The molecule has 0 aliphatic heterocycles. The number of fused-ring (bicyclic) bond motifs is 1. The zero-order valence-electron chi connectivity index (χ0n) is 18.1. The number of rotatable bonds is 10. The van der Waals surface area contributed by atoms with Crippen LogP contribution in [0.5, 0.6) is 0 Å². The summed E-state index contributed by atoms with van der Waals surface area (Å²) in [5.41, 5.74) is 6.56. The molecule has 0 saturated carbocycles. The third kappa shape index (κ3) is 8.29. The third-order valence-electron chi connectivity index (χ3n) is 4.44. The molecule has 0 bridgehead atoms. The van der Waals surface area contributed by atoms with Crippen molar-refractivity contribution >= 4 is 47.8 Å². The van der Waals surface area contributed by atoms with Crippen molar-refractivity contribution in [3.63, 3.8) is 0 Å². The molecule has 2 N–H and O–H groups in total. The lowest BCUT2D eigenvalue weighted by Gasteiger charge is -2.21. The number of anilines is 1. The van der Waals surface area contributed by atoms with Gasteiger partial charge in [0.05, 0.1) is 25.3 Å². The lowest BCUT2D eigenvalue weighted by Crippen LogP contribution is -2.24. The summed E-state index contributed by atoms with van der Waals surface area (Å²) >= 11 is 2.89. The van der Waals surface area contributed by atoms with E-state index in [0.717, 1.165) is 9.79 Å². The van der Waals surface area contributed by atoms with E-state index in [-0.39, 0.29) is 19.1 Å². The molecule has 0 amide bonds. The number of imidazole rings is 1. The molecule has 7 nitrogen and oxygen atoms in total. The number of halogens is 6. The SMILES string of the molecule is CSc1cccc(Sc2nc(N)nc3c2ncn3CCOCP(=O)(CC(F)(F)F)CC(F)(F)F)c1. The van der Waals surface area contributed by atoms with Gasteiger partial charge in [-0.3, -0.25) is 0 Å². The first kappa shape index (κ1) is 27.6. The predicted octanol–water partition coefficient (Wildman–Crippen LogP) is 5.74. The highest BCUT2D eigenvalue weighted by Crippen LogP contribution is 2.53.